The van der Waals surface area contributed by atoms with Crippen molar-refractivity contribution in [2.24, 2.45) is 0 Å². The van der Waals surface area contributed by atoms with Gasteiger partial charge in [0.05, 0.1) is 23.0 Å². The minimum atomic E-state index is 0.445. The molecule has 1 aromatic rings. The molecule has 0 fully saturated rings. The summed E-state index contributed by atoms with van der Waals surface area (Å²) in [5, 5.41) is 12.1. The minimum Gasteiger partial charge on any atom is -0.397 e. The van der Waals surface area contributed by atoms with Crippen molar-refractivity contribution in [1.82, 2.24) is 0 Å². The van der Waals surface area contributed by atoms with Crippen molar-refractivity contribution in [3.05, 3.63) is 23.8 Å². The zero-order valence-electron chi connectivity index (χ0n) is 9.25. The normalized spacial score (nSPS) is 10.0. The third-order valence-corrected chi connectivity index (χ3v) is 2.53. The average Bonchev–Trinajstić information content (AvgIpc) is 2.27. The van der Waals surface area contributed by atoms with Crippen LogP contribution in [0.2, 0.25) is 0 Å². The van der Waals surface area contributed by atoms with E-state index in [-0.39, 0.29) is 0 Å². The molecule has 0 bridgehead atoms. The van der Waals surface area contributed by atoms with Gasteiger partial charge < -0.3 is 11.1 Å². The Kier molecular flexibility index (Phi) is 3.99. The van der Waals surface area contributed by atoms with Crippen LogP contribution in [0, 0.1) is 11.3 Å². The summed E-state index contributed by atoms with van der Waals surface area (Å²) >= 11 is 0. The van der Waals surface area contributed by atoms with E-state index in [1.54, 1.807) is 12.1 Å². The molecule has 0 atom stereocenters. The summed E-state index contributed by atoms with van der Waals surface area (Å²) in [6, 6.07) is 7.86. The van der Waals surface area contributed by atoms with E-state index in [2.05, 4.69) is 25.2 Å². The summed E-state index contributed by atoms with van der Waals surface area (Å²) in [4.78, 5) is 0. The van der Waals surface area contributed by atoms with E-state index < -0.39 is 0 Å². The number of nitrogen functional groups attached to an aromatic ring is 1. The van der Waals surface area contributed by atoms with Crippen LogP contribution in [0.3, 0.4) is 0 Å². The van der Waals surface area contributed by atoms with Crippen LogP contribution in [-0.4, -0.2) is 6.04 Å². The summed E-state index contributed by atoms with van der Waals surface area (Å²) in [7, 11) is 0. The van der Waals surface area contributed by atoms with Crippen LogP contribution in [0.5, 0.6) is 0 Å². The van der Waals surface area contributed by atoms with E-state index in [9.17, 15) is 0 Å². The SMILES string of the molecule is CCC(CC)Nc1ccc(C#N)cc1N. The topological polar surface area (TPSA) is 61.8 Å². The molecular weight excluding hydrogens is 186 g/mol. The van der Waals surface area contributed by atoms with Gasteiger partial charge >= 0.3 is 0 Å². The quantitative estimate of drug-likeness (QED) is 0.739. The fraction of sp³-hybridized carbons (Fsp3) is 0.417. The Morgan fingerprint density at radius 3 is 2.53 bits per heavy atom. The molecule has 3 heteroatoms. The lowest BCUT2D eigenvalue weighted by Gasteiger charge is -2.17. The monoisotopic (exact) mass is 203 g/mol. The number of rotatable bonds is 4. The van der Waals surface area contributed by atoms with Crippen molar-refractivity contribution >= 4 is 11.4 Å². The Morgan fingerprint density at radius 2 is 2.07 bits per heavy atom. The second kappa shape index (κ2) is 5.26. The third kappa shape index (κ3) is 2.88. The van der Waals surface area contributed by atoms with Gasteiger partial charge in [0.2, 0.25) is 0 Å². The molecule has 80 valence electrons. The van der Waals surface area contributed by atoms with E-state index in [0.29, 0.717) is 17.3 Å². The number of nitrogens with zero attached hydrogens (tertiary/aromatic N) is 1. The number of nitrogens with two attached hydrogens (primary N) is 1. The Morgan fingerprint density at radius 1 is 1.40 bits per heavy atom. The summed E-state index contributed by atoms with van der Waals surface area (Å²) in [6.45, 7) is 4.28. The summed E-state index contributed by atoms with van der Waals surface area (Å²) in [5.41, 5.74) is 8.00. The molecule has 0 radical (unpaired) electrons. The van der Waals surface area contributed by atoms with E-state index in [1.165, 1.54) is 0 Å². The molecule has 1 aromatic carbocycles. The van der Waals surface area contributed by atoms with E-state index >= 15 is 0 Å². The Hall–Kier alpha value is -1.69. The smallest absolute Gasteiger partial charge is 0.0992 e. The highest BCUT2D eigenvalue weighted by molar-refractivity contribution is 5.68. The number of nitriles is 1. The molecule has 0 saturated heterocycles. The molecule has 3 N–H and O–H groups in total. The molecule has 1 rings (SSSR count). The molecule has 0 amide bonds. The maximum absolute atomic E-state index is 8.70. The molecule has 0 aliphatic heterocycles. The van der Waals surface area contributed by atoms with Crippen molar-refractivity contribution < 1.29 is 0 Å². The van der Waals surface area contributed by atoms with Gasteiger partial charge in [0.1, 0.15) is 0 Å². The number of hydrogen-bond donors (Lipinski definition) is 2. The van der Waals surface area contributed by atoms with Crippen LogP contribution in [0.1, 0.15) is 32.3 Å². The lowest BCUT2D eigenvalue weighted by atomic mass is 10.1. The predicted octanol–water partition coefficient (Wildman–Crippen LogP) is 2.74. The van der Waals surface area contributed by atoms with Crippen molar-refractivity contribution in [2.45, 2.75) is 32.7 Å². The van der Waals surface area contributed by atoms with Gasteiger partial charge in [-0.15, -0.1) is 0 Å². The highest BCUT2D eigenvalue weighted by Crippen LogP contribution is 2.21. The fourth-order valence-electron chi connectivity index (χ4n) is 1.48. The van der Waals surface area contributed by atoms with Crippen molar-refractivity contribution in [1.29, 1.82) is 5.26 Å². The highest BCUT2D eigenvalue weighted by Gasteiger charge is 2.05. The van der Waals surface area contributed by atoms with Gasteiger partial charge in [-0.1, -0.05) is 13.8 Å². The first-order valence-electron chi connectivity index (χ1n) is 5.27. The Balaban J connectivity index is 2.83. The molecule has 0 aliphatic carbocycles. The summed E-state index contributed by atoms with van der Waals surface area (Å²) in [5.74, 6) is 0. The van der Waals surface area contributed by atoms with Gasteiger partial charge in [-0.05, 0) is 31.0 Å². The Bertz CT molecular complexity index is 362. The van der Waals surface area contributed by atoms with Gasteiger partial charge in [-0.25, -0.2) is 0 Å². The predicted molar refractivity (Wildman–Crippen MR) is 63.6 cm³/mol. The first kappa shape index (κ1) is 11.4. The number of anilines is 2. The van der Waals surface area contributed by atoms with Crippen LogP contribution < -0.4 is 11.1 Å². The lowest BCUT2D eigenvalue weighted by molar-refractivity contribution is 0.672. The molecule has 0 aromatic heterocycles. The van der Waals surface area contributed by atoms with Crippen molar-refractivity contribution in [2.75, 3.05) is 11.1 Å². The number of hydrogen-bond acceptors (Lipinski definition) is 3. The molecule has 0 aliphatic rings. The van der Waals surface area contributed by atoms with Crippen molar-refractivity contribution in [3.8, 4) is 6.07 Å². The number of nitrogens with one attached hydrogen (secondary N) is 1. The van der Waals surface area contributed by atoms with Gasteiger partial charge in [0.15, 0.2) is 0 Å². The second-order valence-electron chi connectivity index (χ2n) is 3.57. The van der Waals surface area contributed by atoms with Gasteiger partial charge in [0, 0.05) is 6.04 Å². The van der Waals surface area contributed by atoms with Crippen molar-refractivity contribution in [3.63, 3.8) is 0 Å². The molecule has 3 nitrogen and oxygen atoms in total. The van der Waals surface area contributed by atoms with E-state index in [1.807, 2.05) is 6.07 Å². The molecular formula is C12H17N3. The maximum atomic E-state index is 8.70. The first-order valence-corrected chi connectivity index (χ1v) is 5.27. The molecule has 15 heavy (non-hydrogen) atoms. The van der Waals surface area contributed by atoms with Crippen LogP contribution in [0.25, 0.3) is 0 Å². The van der Waals surface area contributed by atoms with E-state index in [4.69, 9.17) is 11.0 Å². The zero-order chi connectivity index (χ0) is 11.3. The van der Waals surface area contributed by atoms with Crippen LogP contribution >= 0.6 is 0 Å². The lowest BCUT2D eigenvalue weighted by Crippen LogP contribution is -2.17. The fourth-order valence-corrected chi connectivity index (χ4v) is 1.48. The van der Waals surface area contributed by atoms with Crippen LogP contribution in [-0.2, 0) is 0 Å². The van der Waals surface area contributed by atoms with Gasteiger partial charge in [0.25, 0.3) is 0 Å². The maximum Gasteiger partial charge on any atom is 0.0992 e. The Labute approximate surface area is 90.9 Å². The highest BCUT2D eigenvalue weighted by atomic mass is 14.9. The standard InChI is InChI=1S/C12H17N3/c1-3-10(4-2)15-12-6-5-9(8-13)7-11(12)14/h5-7,10,15H,3-4,14H2,1-2H3. The van der Waals surface area contributed by atoms with Gasteiger partial charge in [-0.3, -0.25) is 0 Å². The zero-order valence-corrected chi connectivity index (χ0v) is 9.25. The molecule has 0 heterocycles. The third-order valence-electron chi connectivity index (χ3n) is 2.53. The van der Waals surface area contributed by atoms with Crippen LogP contribution in [0.15, 0.2) is 18.2 Å². The summed E-state index contributed by atoms with van der Waals surface area (Å²) < 4.78 is 0. The summed E-state index contributed by atoms with van der Waals surface area (Å²) in [6.07, 6.45) is 2.13. The molecule has 0 saturated carbocycles. The first-order chi connectivity index (χ1) is 7.21. The van der Waals surface area contributed by atoms with Crippen LogP contribution in [0.4, 0.5) is 11.4 Å². The molecule has 0 spiro atoms. The van der Waals surface area contributed by atoms with Gasteiger partial charge in [-0.2, -0.15) is 5.26 Å². The average molecular weight is 203 g/mol. The second-order valence-corrected chi connectivity index (χ2v) is 3.57. The largest absolute Gasteiger partial charge is 0.397 e. The van der Waals surface area contributed by atoms with E-state index in [0.717, 1.165) is 18.5 Å². The minimum absolute atomic E-state index is 0.445. The number of benzene rings is 1. The molecule has 0 unspecified atom stereocenters.